The largest absolute Gasteiger partial charge is 0.369 e. The molecule has 0 bridgehead atoms. The van der Waals surface area contributed by atoms with Crippen molar-refractivity contribution < 1.29 is 12.8 Å². The molecular formula is C21H28FN3O2S. The summed E-state index contributed by atoms with van der Waals surface area (Å²) in [7, 11) is -3.47. The van der Waals surface area contributed by atoms with Crippen LogP contribution in [-0.4, -0.2) is 52.6 Å². The van der Waals surface area contributed by atoms with Crippen LogP contribution in [0.15, 0.2) is 47.4 Å². The van der Waals surface area contributed by atoms with Gasteiger partial charge in [0, 0.05) is 38.4 Å². The molecule has 28 heavy (non-hydrogen) atoms. The summed E-state index contributed by atoms with van der Waals surface area (Å²) in [6.07, 6.45) is 0.765. The summed E-state index contributed by atoms with van der Waals surface area (Å²) < 4.78 is 40.7. The topological polar surface area (TPSA) is 52.7 Å². The molecule has 1 N–H and O–H groups in total. The number of piperazine rings is 1. The number of hydrogen-bond acceptors (Lipinski definition) is 4. The quantitative estimate of drug-likeness (QED) is 0.720. The SMILES string of the molecule is Cc1ccc(S(=O)(=O)NCCCN2CCN(c3ccc(F)cc3)CC2)c(C)c1. The Morgan fingerprint density at radius 3 is 2.32 bits per heavy atom. The zero-order chi connectivity index (χ0) is 20.1. The van der Waals surface area contributed by atoms with Crippen molar-refractivity contribution in [3.05, 3.63) is 59.4 Å². The van der Waals surface area contributed by atoms with Gasteiger partial charge in [0.25, 0.3) is 0 Å². The van der Waals surface area contributed by atoms with E-state index in [1.807, 2.05) is 38.1 Å². The van der Waals surface area contributed by atoms with Crippen molar-refractivity contribution in [1.82, 2.24) is 9.62 Å². The van der Waals surface area contributed by atoms with Crippen LogP contribution in [0.4, 0.5) is 10.1 Å². The van der Waals surface area contributed by atoms with Gasteiger partial charge in [-0.1, -0.05) is 17.7 Å². The minimum atomic E-state index is -3.47. The Morgan fingerprint density at radius 1 is 1.00 bits per heavy atom. The molecule has 0 unspecified atom stereocenters. The first-order chi connectivity index (χ1) is 13.3. The molecule has 0 amide bonds. The molecule has 0 aliphatic carbocycles. The molecule has 1 aliphatic heterocycles. The molecule has 0 aromatic heterocycles. The van der Waals surface area contributed by atoms with E-state index in [-0.39, 0.29) is 5.82 Å². The first kappa shape index (κ1) is 20.8. The fraction of sp³-hybridized carbons (Fsp3) is 0.429. The van der Waals surface area contributed by atoms with E-state index in [4.69, 9.17) is 0 Å². The van der Waals surface area contributed by atoms with Crippen LogP contribution < -0.4 is 9.62 Å². The van der Waals surface area contributed by atoms with Crippen molar-refractivity contribution in [3.63, 3.8) is 0 Å². The lowest BCUT2D eigenvalue weighted by atomic mass is 10.2. The van der Waals surface area contributed by atoms with E-state index < -0.39 is 10.0 Å². The van der Waals surface area contributed by atoms with Gasteiger partial charge in [0.05, 0.1) is 4.90 Å². The molecule has 1 fully saturated rings. The Balaban J connectivity index is 1.42. The third-order valence-electron chi connectivity index (χ3n) is 5.13. The van der Waals surface area contributed by atoms with Crippen molar-refractivity contribution >= 4 is 15.7 Å². The number of nitrogens with zero attached hydrogens (tertiary/aromatic N) is 2. The highest BCUT2D eigenvalue weighted by Crippen LogP contribution is 2.18. The maximum absolute atomic E-state index is 13.0. The molecule has 2 aromatic carbocycles. The zero-order valence-electron chi connectivity index (χ0n) is 16.5. The molecule has 7 heteroatoms. The highest BCUT2D eigenvalue weighted by molar-refractivity contribution is 7.89. The minimum Gasteiger partial charge on any atom is -0.369 e. The molecule has 1 saturated heterocycles. The van der Waals surface area contributed by atoms with E-state index >= 15 is 0 Å². The second kappa shape index (κ2) is 9.03. The summed E-state index contributed by atoms with van der Waals surface area (Å²) in [5.74, 6) is -0.217. The van der Waals surface area contributed by atoms with E-state index in [1.165, 1.54) is 12.1 Å². The highest BCUT2D eigenvalue weighted by Gasteiger charge is 2.18. The number of aryl methyl sites for hydroxylation is 2. The number of benzene rings is 2. The maximum Gasteiger partial charge on any atom is 0.240 e. The first-order valence-electron chi connectivity index (χ1n) is 9.65. The molecule has 0 saturated carbocycles. The van der Waals surface area contributed by atoms with E-state index in [1.54, 1.807) is 6.07 Å². The second-order valence-corrected chi connectivity index (χ2v) is 9.06. The standard InChI is InChI=1S/C21H28FN3O2S/c1-17-4-9-21(18(2)16-17)28(26,27)23-10-3-11-24-12-14-25(15-13-24)20-7-5-19(22)6-8-20/h4-9,16,23H,3,10-15H2,1-2H3. The monoisotopic (exact) mass is 405 g/mol. The average molecular weight is 406 g/mol. The number of nitrogens with one attached hydrogen (secondary N) is 1. The number of anilines is 1. The van der Waals surface area contributed by atoms with Crippen LogP contribution >= 0.6 is 0 Å². The molecule has 0 spiro atoms. The third-order valence-corrected chi connectivity index (χ3v) is 6.75. The number of sulfonamides is 1. The molecule has 2 aromatic rings. The van der Waals surface area contributed by atoms with Gasteiger partial charge < -0.3 is 4.90 Å². The van der Waals surface area contributed by atoms with Crippen LogP contribution in [0.1, 0.15) is 17.5 Å². The van der Waals surface area contributed by atoms with Crippen LogP contribution in [0, 0.1) is 19.7 Å². The highest BCUT2D eigenvalue weighted by atomic mass is 32.2. The normalized spacial score (nSPS) is 15.8. The Bertz CT molecular complexity index is 892. The van der Waals surface area contributed by atoms with E-state index in [0.717, 1.165) is 56.0 Å². The van der Waals surface area contributed by atoms with E-state index in [2.05, 4.69) is 14.5 Å². The molecule has 3 rings (SSSR count). The summed E-state index contributed by atoms with van der Waals surface area (Å²) in [6, 6.07) is 12.0. The average Bonchev–Trinajstić information content (AvgIpc) is 2.66. The lowest BCUT2D eigenvalue weighted by Crippen LogP contribution is -2.47. The molecule has 152 valence electrons. The molecule has 1 aliphatic rings. The van der Waals surface area contributed by atoms with E-state index in [9.17, 15) is 12.8 Å². The Morgan fingerprint density at radius 2 is 1.68 bits per heavy atom. The van der Waals surface area contributed by atoms with Gasteiger partial charge in [-0.25, -0.2) is 17.5 Å². The van der Waals surface area contributed by atoms with Crippen LogP contribution in [0.5, 0.6) is 0 Å². The van der Waals surface area contributed by atoms with Gasteiger partial charge >= 0.3 is 0 Å². The molecule has 0 atom stereocenters. The fourth-order valence-electron chi connectivity index (χ4n) is 3.57. The summed E-state index contributed by atoms with van der Waals surface area (Å²) in [5.41, 5.74) is 2.86. The Hall–Kier alpha value is -1.96. The van der Waals surface area contributed by atoms with Crippen molar-refractivity contribution in [2.45, 2.75) is 25.2 Å². The smallest absolute Gasteiger partial charge is 0.240 e. The summed E-state index contributed by atoms with van der Waals surface area (Å²) in [6.45, 7) is 8.66. The van der Waals surface area contributed by atoms with Crippen molar-refractivity contribution in [1.29, 1.82) is 0 Å². The van der Waals surface area contributed by atoms with Gasteiger partial charge in [0.2, 0.25) is 10.0 Å². The maximum atomic E-state index is 13.0. The van der Waals surface area contributed by atoms with Crippen LogP contribution in [0.25, 0.3) is 0 Å². The lowest BCUT2D eigenvalue weighted by Gasteiger charge is -2.36. The summed E-state index contributed by atoms with van der Waals surface area (Å²) in [5, 5.41) is 0. The molecular weight excluding hydrogens is 377 g/mol. The molecule has 5 nitrogen and oxygen atoms in total. The van der Waals surface area contributed by atoms with Crippen molar-refractivity contribution in [3.8, 4) is 0 Å². The number of rotatable bonds is 7. The Kier molecular flexibility index (Phi) is 6.69. The third kappa shape index (κ3) is 5.31. The predicted molar refractivity (Wildman–Crippen MR) is 111 cm³/mol. The van der Waals surface area contributed by atoms with Crippen molar-refractivity contribution in [2.24, 2.45) is 0 Å². The molecule has 1 heterocycles. The van der Waals surface area contributed by atoms with Gasteiger partial charge in [0.1, 0.15) is 5.82 Å². The Labute approximate surface area is 167 Å². The predicted octanol–water partition coefficient (Wildman–Crippen LogP) is 2.93. The minimum absolute atomic E-state index is 0.217. The van der Waals surface area contributed by atoms with Gasteiger partial charge in [0.15, 0.2) is 0 Å². The van der Waals surface area contributed by atoms with Crippen LogP contribution in [-0.2, 0) is 10.0 Å². The fourth-order valence-corrected chi connectivity index (χ4v) is 4.87. The zero-order valence-corrected chi connectivity index (χ0v) is 17.3. The second-order valence-electron chi connectivity index (χ2n) is 7.33. The number of hydrogen-bond donors (Lipinski definition) is 1. The lowest BCUT2D eigenvalue weighted by molar-refractivity contribution is 0.255. The molecule has 0 radical (unpaired) electrons. The summed E-state index contributed by atoms with van der Waals surface area (Å²) in [4.78, 5) is 4.94. The van der Waals surface area contributed by atoms with Gasteiger partial charge in [-0.3, -0.25) is 4.90 Å². The van der Waals surface area contributed by atoms with Crippen LogP contribution in [0.3, 0.4) is 0 Å². The van der Waals surface area contributed by atoms with Crippen molar-refractivity contribution in [2.75, 3.05) is 44.2 Å². The number of halogens is 1. The van der Waals surface area contributed by atoms with Gasteiger partial charge in [-0.15, -0.1) is 0 Å². The first-order valence-corrected chi connectivity index (χ1v) is 11.1. The summed E-state index contributed by atoms with van der Waals surface area (Å²) >= 11 is 0. The van der Waals surface area contributed by atoms with E-state index in [0.29, 0.717) is 11.4 Å². The van der Waals surface area contributed by atoms with Gasteiger partial charge in [-0.05, 0) is 62.7 Å². The van der Waals surface area contributed by atoms with Crippen LogP contribution in [0.2, 0.25) is 0 Å². The van der Waals surface area contributed by atoms with Gasteiger partial charge in [-0.2, -0.15) is 0 Å².